The number of halogens is 1. The van der Waals surface area contributed by atoms with Crippen LogP contribution in [0.5, 0.6) is 5.75 Å². The Kier molecular flexibility index (Phi) is 4.39. The molecule has 4 nitrogen and oxygen atoms in total. The molecule has 18 heavy (non-hydrogen) atoms. The lowest BCUT2D eigenvalue weighted by Gasteiger charge is -2.06. The second kappa shape index (κ2) is 5.83. The van der Waals surface area contributed by atoms with E-state index in [1.165, 1.54) is 0 Å². The third-order valence-electron chi connectivity index (χ3n) is 2.51. The summed E-state index contributed by atoms with van der Waals surface area (Å²) in [5, 5.41) is 6.07. The molecule has 0 fully saturated rings. The van der Waals surface area contributed by atoms with E-state index in [1.54, 1.807) is 29.3 Å². The molecule has 0 aliphatic heterocycles. The van der Waals surface area contributed by atoms with Crippen LogP contribution >= 0.6 is 33.9 Å². The molecule has 0 amide bonds. The fraction of sp³-hybridized carbons (Fsp3) is 0.333. The lowest BCUT2D eigenvalue weighted by Crippen LogP contribution is -2.12. The Morgan fingerprint density at radius 3 is 2.94 bits per heavy atom. The lowest BCUT2D eigenvalue weighted by molar-refractivity contribution is 0.102. The molecule has 2 rings (SSSR count). The van der Waals surface area contributed by atoms with Crippen molar-refractivity contribution in [2.45, 2.75) is 19.9 Å². The highest BCUT2D eigenvalue weighted by atomic mass is 127. The number of aryl methyl sites for hydroxylation is 1. The van der Waals surface area contributed by atoms with E-state index in [-0.39, 0.29) is 5.78 Å². The van der Waals surface area contributed by atoms with Gasteiger partial charge < -0.3 is 4.74 Å². The number of rotatable bonds is 5. The summed E-state index contributed by atoms with van der Waals surface area (Å²) in [6.45, 7) is 2.77. The number of aromatic nitrogens is 2. The van der Waals surface area contributed by atoms with Crippen molar-refractivity contribution in [3.63, 3.8) is 0 Å². The van der Waals surface area contributed by atoms with Crippen LogP contribution < -0.4 is 4.74 Å². The van der Waals surface area contributed by atoms with Gasteiger partial charge in [0, 0.05) is 17.5 Å². The first kappa shape index (κ1) is 13.5. The summed E-state index contributed by atoms with van der Waals surface area (Å²) in [6.07, 6.45) is 2.52. The highest BCUT2D eigenvalue weighted by molar-refractivity contribution is 14.1. The van der Waals surface area contributed by atoms with Crippen molar-refractivity contribution in [2.75, 3.05) is 7.11 Å². The normalized spacial score (nSPS) is 10.6. The van der Waals surface area contributed by atoms with Gasteiger partial charge in [-0.2, -0.15) is 5.10 Å². The zero-order valence-corrected chi connectivity index (χ0v) is 13.1. The van der Waals surface area contributed by atoms with E-state index in [0.29, 0.717) is 23.6 Å². The van der Waals surface area contributed by atoms with Crippen molar-refractivity contribution in [3.8, 4) is 5.75 Å². The van der Waals surface area contributed by atoms with Gasteiger partial charge in [-0.25, -0.2) is 0 Å². The Balaban J connectivity index is 2.42. The second-order valence-electron chi connectivity index (χ2n) is 3.75. The quantitative estimate of drug-likeness (QED) is 0.595. The molecular formula is C12H13IN2O2S. The minimum atomic E-state index is -0.0306. The van der Waals surface area contributed by atoms with Crippen LogP contribution in [0.2, 0.25) is 0 Å². The molecule has 0 bridgehead atoms. The van der Waals surface area contributed by atoms with Crippen LogP contribution in [-0.2, 0) is 6.54 Å². The molecule has 0 radical (unpaired) electrons. The van der Waals surface area contributed by atoms with Crippen molar-refractivity contribution in [2.24, 2.45) is 0 Å². The summed E-state index contributed by atoms with van der Waals surface area (Å²) in [7, 11) is 1.56. The number of hydrogen-bond donors (Lipinski definition) is 0. The molecule has 0 spiro atoms. The van der Waals surface area contributed by atoms with Gasteiger partial charge in [-0.3, -0.25) is 9.48 Å². The highest BCUT2D eigenvalue weighted by Crippen LogP contribution is 2.24. The number of hydrogen-bond acceptors (Lipinski definition) is 4. The molecule has 0 unspecified atom stereocenters. The predicted molar refractivity (Wildman–Crippen MR) is 79.5 cm³/mol. The molecule has 2 aromatic rings. The molecule has 2 heterocycles. The molecule has 2 aromatic heterocycles. The average Bonchev–Trinajstić information content (AvgIpc) is 2.95. The zero-order chi connectivity index (χ0) is 13.1. The van der Waals surface area contributed by atoms with Gasteiger partial charge in [0.15, 0.2) is 11.4 Å². The lowest BCUT2D eigenvalue weighted by atomic mass is 10.1. The SMILES string of the molecule is CCCn1ncc(OC)c1C(=O)c1csc(I)c1. The Labute approximate surface area is 123 Å². The molecule has 0 saturated carbocycles. The smallest absolute Gasteiger partial charge is 0.215 e. The monoisotopic (exact) mass is 376 g/mol. The standard InChI is InChI=1S/C12H13IN2O2S/c1-3-4-15-11(9(17-2)6-14-15)12(16)8-5-10(13)18-7-8/h5-7H,3-4H2,1-2H3. The van der Waals surface area contributed by atoms with Gasteiger partial charge in [0.1, 0.15) is 0 Å². The minimum Gasteiger partial charge on any atom is -0.493 e. The topological polar surface area (TPSA) is 44.1 Å². The minimum absolute atomic E-state index is 0.0306. The number of methoxy groups -OCH3 is 1. The van der Waals surface area contributed by atoms with Gasteiger partial charge in [0.2, 0.25) is 5.78 Å². The Morgan fingerprint density at radius 1 is 1.61 bits per heavy atom. The number of nitrogens with zero attached hydrogens (tertiary/aromatic N) is 2. The summed E-state index contributed by atoms with van der Waals surface area (Å²) >= 11 is 3.77. The van der Waals surface area contributed by atoms with E-state index < -0.39 is 0 Å². The van der Waals surface area contributed by atoms with Gasteiger partial charge in [-0.1, -0.05) is 6.92 Å². The summed E-state index contributed by atoms with van der Waals surface area (Å²) in [5.41, 5.74) is 1.23. The molecule has 0 aromatic carbocycles. The second-order valence-corrected chi connectivity index (χ2v) is 6.56. The first-order chi connectivity index (χ1) is 8.67. The maximum Gasteiger partial charge on any atom is 0.215 e. The van der Waals surface area contributed by atoms with Gasteiger partial charge in [-0.05, 0) is 35.1 Å². The van der Waals surface area contributed by atoms with E-state index in [2.05, 4.69) is 34.6 Å². The zero-order valence-electron chi connectivity index (χ0n) is 10.1. The Bertz CT molecular complexity index is 562. The molecule has 0 saturated heterocycles. The average molecular weight is 376 g/mol. The van der Waals surface area contributed by atoms with E-state index in [0.717, 1.165) is 9.30 Å². The first-order valence-corrected chi connectivity index (χ1v) is 7.51. The highest BCUT2D eigenvalue weighted by Gasteiger charge is 2.21. The van der Waals surface area contributed by atoms with Crippen LogP contribution in [0.25, 0.3) is 0 Å². The van der Waals surface area contributed by atoms with Crippen molar-refractivity contribution in [1.82, 2.24) is 9.78 Å². The van der Waals surface area contributed by atoms with Crippen LogP contribution in [0.15, 0.2) is 17.6 Å². The molecule has 0 atom stereocenters. The van der Waals surface area contributed by atoms with Gasteiger partial charge >= 0.3 is 0 Å². The number of ketones is 1. The summed E-state index contributed by atoms with van der Waals surface area (Å²) in [4.78, 5) is 12.5. The van der Waals surface area contributed by atoms with Crippen molar-refractivity contribution in [3.05, 3.63) is 31.8 Å². The Morgan fingerprint density at radius 2 is 2.39 bits per heavy atom. The predicted octanol–water partition coefficient (Wildman–Crippen LogP) is 3.20. The van der Waals surface area contributed by atoms with E-state index in [4.69, 9.17) is 4.74 Å². The van der Waals surface area contributed by atoms with Crippen LogP contribution in [-0.4, -0.2) is 22.7 Å². The maximum atomic E-state index is 12.5. The van der Waals surface area contributed by atoms with E-state index in [9.17, 15) is 4.79 Å². The van der Waals surface area contributed by atoms with Crippen molar-refractivity contribution >= 4 is 39.7 Å². The number of carbonyl (C=O) groups is 1. The largest absolute Gasteiger partial charge is 0.493 e. The fourth-order valence-electron chi connectivity index (χ4n) is 1.69. The van der Waals surface area contributed by atoms with E-state index in [1.807, 2.05) is 11.4 Å². The summed E-state index contributed by atoms with van der Waals surface area (Å²) in [5.74, 6) is 0.506. The van der Waals surface area contributed by atoms with Crippen LogP contribution in [0.1, 0.15) is 29.4 Å². The van der Waals surface area contributed by atoms with E-state index >= 15 is 0 Å². The number of thiophene rings is 1. The molecule has 0 aliphatic rings. The molecule has 6 heteroatoms. The van der Waals surface area contributed by atoms with Gasteiger partial charge in [0.05, 0.1) is 16.2 Å². The number of ether oxygens (including phenoxy) is 1. The first-order valence-electron chi connectivity index (χ1n) is 5.56. The fourth-order valence-corrected chi connectivity index (χ4v) is 3.02. The number of carbonyl (C=O) groups excluding carboxylic acids is 1. The third kappa shape index (κ3) is 2.59. The molecule has 96 valence electrons. The summed E-state index contributed by atoms with van der Waals surface area (Å²) in [6, 6.07) is 1.89. The van der Waals surface area contributed by atoms with Crippen molar-refractivity contribution < 1.29 is 9.53 Å². The molecule has 0 N–H and O–H groups in total. The van der Waals surface area contributed by atoms with Gasteiger partial charge in [0.25, 0.3) is 0 Å². The Hall–Kier alpha value is -0.890. The van der Waals surface area contributed by atoms with Gasteiger partial charge in [-0.15, -0.1) is 11.3 Å². The van der Waals surface area contributed by atoms with Crippen LogP contribution in [0.4, 0.5) is 0 Å². The molecular weight excluding hydrogens is 363 g/mol. The molecule has 0 aliphatic carbocycles. The van der Waals surface area contributed by atoms with Crippen molar-refractivity contribution in [1.29, 1.82) is 0 Å². The third-order valence-corrected chi connectivity index (χ3v) is 4.29. The summed E-state index contributed by atoms with van der Waals surface area (Å²) < 4.78 is 8.03. The van der Waals surface area contributed by atoms with Crippen LogP contribution in [0, 0.1) is 2.88 Å². The van der Waals surface area contributed by atoms with Crippen LogP contribution in [0.3, 0.4) is 0 Å². The maximum absolute atomic E-state index is 12.5.